The van der Waals surface area contributed by atoms with Crippen LogP contribution in [0.5, 0.6) is 0 Å². The van der Waals surface area contributed by atoms with Gasteiger partial charge >= 0.3 is 0 Å². The van der Waals surface area contributed by atoms with Crippen LogP contribution in [0.15, 0.2) is 29.3 Å². The summed E-state index contributed by atoms with van der Waals surface area (Å²) >= 11 is 0. The van der Waals surface area contributed by atoms with E-state index < -0.39 is 10.0 Å². The summed E-state index contributed by atoms with van der Waals surface area (Å²) in [6, 6.07) is 8.44. The summed E-state index contributed by atoms with van der Waals surface area (Å²) in [5.74, 6) is 0.552. The quantitative estimate of drug-likeness (QED) is 0.886. The lowest BCUT2D eigenvalue weighted by atomic mass is 9.91. The first kappa shape index (κ1) is 16.3. The second-order valence-corrected chi connectivity index (χ2v) is 8.32. The maximum atomic E-state index is 11.6. The molecule has 2 aliphatic rings. The summed E-state index contributed by atoms with van der Waals surface area (Å²) in [6.07, 6.45) is 5.99. The Bertz CT molecular complexity index is 666. The van der Waals surface area contributed by atoms with Crippen molar-refractivity contribution in [3.05, 3.63) is 29.8 Å². The molecule has 3 rings (SSSR count). The third kappa shape index (κ3) is 4.45. The van der Waals surface area contributed by atoms with Crippen molar-refractivity contribution in [1.29, 1.82) is 0 Å². The molecule has 1 aromatic rings. The zero-order valence-corrected chi connectivity index (χ0v) is 14.3. The number of hydrazine groups is 1. The summed E-state index contributed by atoms with van der Waals surface area (Å²) in [5.41, 5.74) is 5.71. The third-order valence-electron chi connectivity index (χ3n) is 4.46. The van der Waals surface area contributed by atoms with Gasteiger partial charge in [0.1, 0.15) is 6.34 Å². The predicted octanol–water partition coefficient (Wildman–Crippen LogP) is 1.57. The molecular formula is C16H24N4O2S. The van der Waals surface area contributed by atoms with E-state index in [1.54, 1.807) is 4.31 Å². The molecule has 6 nitrogen and oxygen atoms in total. The molecule has 7 heteroatoms. The van der Waals surface area contributed by atoms with Crippen LogP contribution in [-0.4, -0.2) is 56.5 Å². The van der Waals surface area contributed by atoms with E-state index in [1.165, 1.54) is 11.8 Å². The van der Waals surface area contributed by atoms with Gasteiger partial charge in [-0.25, -0.2) is 12.7 Å². The second kappa shape index (κ2) is 6.88. The molecule has 0 unspecified atom stereocenters. The second-order valence-electron chi connectivity index (χ2n) is 6.34. The fourth-order valence-electron chi connectivity index (χ4n) is 3.18. The molecule has 0 atom stereocenters. The predicted molar refractivity (Wildman–Crippen MR) is 93.0 cm³/mol. The number of benzene rings is 1. The van der Waals surface area contributed by atoms with E-state index in [0.717, 1.165) is 38.0 Å². The normalized spacial score (nSPS) is 20.1. The van der Waals surface area contributed by atoms with Gasteiger partial charge in [0.25, 0.3) is 0 Å². The van der Waals surface area contributed by atoms with Gasteiger partial charge in [-0.1, -0.05) is 12.1 Å². The van der Waals surface area contributed by atoms with Crippen LogP contribution >= 0.6 is 0 Å². The van der Waals surface area contributed by atoms with Gasteiger partial charge in [-0.05, 0) is 42.9 Å². The molecule has 0 amide bonds. The maximum absolute atomic E-state index is 11.6. The van der Waals surface area contributed by atoms with Crippen LogP contribution < -0.4 is 5.43 Å². The van der Waals surface area contributed by atoms with Crippen molar-refractivity contribution in [3.63, 3.8) is 0 Å². The first-order chi connectivity index (χ1) is 11.0. The van der Waals surface area contributed by atoms with E-state index in [1.807, 2.05) is 11.3 Å². The highest BCUT2D eigenvalue weighted by atomic mass is 32.2. The first-order valence-corrected chi connectivity index (χ1v) is 9.93. The van der Waals surface area contributed by atoms with Gasteiger partial charge in [0.05, 0.1) is 25.0 Å². The van der Waals surface area contributed by atoms with Crippen molar-refractivity contribution in [1.82, 2.24) is 9.31 Å². The van der Waals surface area contributed by atoms with E-state index in [-0.39, 0.29) is 0 Å². The van der Waals surface area contributed by atoms with Crippen LogP contribution in [0.2, 0.25) is 0 Å². The topological polar surface area (TPSA) is 65.0 Å². The van der Waals surface area contributed by atoms with E-state index in [9.17, 15) is 8.42 Å². The van der Waals surface area contributed by atoms with Gasteiger partial charge < -0.3 is 0 Å². The van der Waals surface area contributed by atoms with E-state index in [0.29, 0.717) is 19.0 Å². The van der Waals surface area contributed by atoms with E-state index in [4.69, 9.17) is 0 Å². The SMILES string of the molecule is CS(=O)(=O)N1CCC(Cc2cccc(NN3C=NCC3)c2)CC1. The number of sulfonamides is 1. The first-order valence-electron chi connectivity index (χ1n) is 8.08. The van der Waals surface area contributed by atoms with E-state index in [2.05, 4.69) is 34.7 Å². The average molecular weight is 336 g/mol. The van der Waals surface area contributed by atoms with Crippen molar-refractivity contribution in [3.8, 4) is 0 Å². The molecule has 0 saturated carbocycles. The molecule has 2 heterocycles. The number of hydrogen-bond donors (Lipinski definition) is 1. The molecule has 2 aliphatic heterocycles. The van der Waals surface area contributed by atoms with Gasteiger partial charge in [-0.2, -0.15) is 0 Å². The summed E-state index contributed by atoms with van der Waals surface area (Å²) < 4.78 is 24.7. The Morgan fingerprint density at radius 3 is 2.70 bits per heavy atom. The Morgan fingerprint density at radius 1 is 1.26 bits per heavy atom. The average Bonchev–Trinajstić information content (AvgIpc) is 3.00. The zero-order chi connectivity index (χ0) is 16.3. The standard InChI is InChI=1S/C16H24N4O2S/c1-23(21,22)20-8-5-14(6-9-20)11-15-3-2-4-16(12-15)18-19-10-7-17-13-19/h2-4,12-14,18H,5-11H2,1H3. The number of aliphatic imine (C=N–C) groups is 1. The Morgan fingerprint density at radius 2 is 2.04 bits per heavy atom. The lowest BCUT2D eigenvalue weighted by Gasteiger charge is -2.30. The van der Waals surface area contributed by atoms with Crippen molar-refractivity contribution in [2.75, 3.05) is 37.9 Å². The molecule has 1 saturated heterocycles. The van der Waals surface area contributed by atoms with Gasteiger partial charge in [0, 0.05) is 13.1 Å². The maximum Gasteiger partial charge on any atom is 0.211 e. The molecule has 1 N–H and O–H groups in total. The van der Waals surface area contributed by atoms with Gasteiger partial charge in [-0.3, -0.25) is 15.4 Å². The fraction of sp³-hybridized carbons (Fsp3) is 0.562. The monoisotopic (exact) mass is 336 g/mol. The molecule has 0 spiro atoms. The van der Waals surface area contributed by atoms with Crippen molar-refractivity contribution >= 4 is 22.0 Å². The highest BCUT2D eigenvalue weighted by Gasteiger charge is 2.24. The Balaban J connectivity index is 1.55. The summed E-state index contributed by atoms with van der Waals surface area (Å²) in [5, 5.41) is 1.99. The minimum atomic E-state index is -3.04. The fourth-order valence-corrected chi connectivity index (χ4v) is 4.05. The Labute approximate surface area is 138 Å². The lowest BCUT2D eigenvalue weighted by Crippen LogP contribution is -2.38. The summed E-state index contributed by atoms with van der Waals surface area (Å²) in [6.45, 7) is 3.02. The highest BCUT2D eigenvalue weighted by molar-refractivity contribution is 7.88. The van der Waals surface area contributed by atoms with Gasteiger partial charge in [0.2, 0.25) is 10.0 Å². The van der Waals surface area contributed by atoms with Crippen LogP contribution in [-0.2, 0) is 16.4 Å². The molecule has 1 fully saturated rings. The molecule has 0 aliphatic carbocycles. The van der Waals surface area contributed by atoms with Crippen LogP contribution in [0, 0.1) is 5.92 Å². The van der Waals surface area contributed by atoms with Crippen molar-refractivity contribution in [2.24, 2.45) is 10.9 Å². The number of hydrogen-bond acceptors (Lipinski definition) is 5. The number of rotatable bonds is 5. The summed E-state index contributed by atoms with van der Waals surface area (Å²) in [4.78, 5) is 4.19. The lowest BCUT2D eigenvalue weighted by molar-refractivity contribution is 0.274. The largest absolute Gasteiger partial charge is 0.297 e. The van der Waals surface area contributed by atoms with Crippen molar-refractivity contribution in [2.45, 2.75) is 19.3 Å². The Hall–Kier alpha value is -1.60. The molecule has 0 bridgehead atoms. The number of anilines is 1. The Kier molecular flexibility index (Phi) is 4.87. The molecule has 1 aromatic carbocycles. The number of nitrogens with zero attached hydrogens (tertiary/aromatic N) is 3. The van der Waals surface area contributed by atoms with Crippen molar-refractivity contribution < 1.29 is 8.42 Å². The van der Waals surface area contributed by atoms with Crippen LogP contribution in [0.4, 0.5) is 5.69 Å². The molecular weight excluding hydrogens is 312 g/mol. The van der Waals surface area contributed by atoms with Crippen LogP contribution in [0.25, 0.3) is 0 Å². The summed E-state index contributed by atoms with van der Waals surface area (Å²) in [7, 11) is -3.04. The molecule has 126 valence electrons. The van der Waals surface area contributed by atoms with Gasteiger partial charge in [0.15, 0.2) is 0 Å². The van der Waals surface area contributed by atoms with Gasteiger partial charge in [-0.15, -0.1) is 0 Å². The minimum Gasteiger partial charge on any atom is -0.297 e. The highest BCUT2D eigenvalue weighted by Crippen LogP contribution is 2.24. The number of piperidine rings is 1. The van der Waals surface area contributed by atoms with Crippen LogP contribution in [0.1, 0.15) is 18.4 Å². The molecule has 0 radical (unpaired) electrons. The molecule has 0 aromatic heterocycles. The van der Waals surface area contributed by atoms with E-state index >= 15 is 0 Å². The van der Waals surface area contributed by atoms with Crippen LogP contribution in [0.3, 0.4) is 0 Å². The molecule has 23 heavy (non-hydrogen) atoms. The number of nitrogens with one attached hydrogen (secondary N) is 1. The minimum absolute atomic E-state index is 0.552. The smallest absolute Gasteiger partial charge is 0.211 e. The zero-order valence-electron chi connectivity index (χ0n) is 13.5. The third-order valence-corrected chi connectivity index (χ3v) is 5.76.